The Labute approximate surface area is 134 Å². The zero-order valence-corrected chi connectivity index (χ0v) is 13.1. The molecule has 0 aliphatic heterocycles. The van der Waals surface area contributed by atoms with Crippen molar-refractivity contribution in [3.05, 3.63) is 64.7 Å². The minimum Gasteiger partial charge on any atom is -0.332 e. The molecule has 5 heteroatoms. The van der Waals surface area contributed by atoms with Gasteiger partial charge in [-0.15, -0.1) is 0 Å². The molecule has 0 heterocycles. The molecule has 2 rings (SSSR count). The van der Waals surface area contributed by atoms with Crippen molar-refractivity contribution < 1.29 is 4.79 Å². The lowest BCUT2D eigenvalue weighted by atomic mass is 10.1. The van der Waals surface area contributed by atoms with Crippen molar-refractivity contribution in [2.45, 2.75) is 13.3 Å². The second kappa shape index (κ2) is 7.20. The van der Waals surface area contributed by atoms with E-state index >= 15 is 0 Å². The number of thiocarbonyl (C=S) groups is 1. The van der Waals surface area contributed by atoms with E-state index < -0.39 is 0 Å². The smallest absolute Gasteiger partial charge is 0.257 e. The third-order valence-corrected chi connectivity index (χ3v) is 3.37. The van der Waals surface area contributed by atoms with Crippen molar-refractivity contribution in [1.82, 2.24) is 5.32 Å². The summed E-state index contributed by atoms with van der Waals surface area (Å²) in [6.45, 7) is 2.07. The predicted molar refractivity (Wildman–Crippen MR) is 91.0 cm³/mol. The fraction of sp³-hybridized carbons (Fsp3) is 0.125. The first-order valence-corrected chi connectivity index (χ1v) is 7.34. The first-order valence-electron chi connectivity index (χ1n) is 6.55. The lowest BCUT2D eigenvalue weighted by molar-refractivity contribution is 0.0977. The fourth-order valence-corrected chi connectivity index (χ4v) is 2.20. The molecule has 108 valence electrons. The Balaban J connectivity index is 1.96. The van der Waals surface area contributed by atoms with E-state index in [1.807, 2.05) is 18.2 Å². The standard InChI is InChI=1S/C16H15ClN2OS/c1-2-11-6-8-12(9-7-11)15(20)19-16(21)18-14-5-3-4-13(17)10-14/h3-10H,2H2,1H3,(H2,18,19,20,21). The zero-order chi connectivity index (χ0) is 15.2. The molecule has 0 aliphatic rings. The molecule has 0 spiro atoms. The topological polar surface area (TPSA) is 41.1 Å². The van der Waals surface area contributed by atoms with Crippen molar-refractivity contribution in [3.8, 4) is 0 Å². The van der Waals surface area contributed by atoms with E-state index in [1.54, 1.807) is 30.3 Å². The summed E-state index contributed by atoms with van der Waals surface area (Å²) in [5.74, 6) is -0.239. The largest absolute Gasteiger partial charge is 0.332 e. The van der Waals surface area contributed by atoms with Crippen LogP contribution in [0, 0.1) is 0 Å². The van der Waals surface area contributed by atoms with Gasteiger partial charge in [0.2, 0.25) is 0 Å². The minimum absolute atomic E-state index is 0.238. The molecule has 1 amide bonds. The highest BCUT2D eigenvalue weighted by Crippen LogP contribution is 2.14. The molecule has 0 saturated carbocycles. The van der Waals surface area contributed by atoms with Gasteiger partial charge in [0.05, 0.1) is 0 Å². The van der Waals surface area contributed by atoms with Crippen LogP contribution in [0.3, 0.4) is 0 Å². The van der Waals surface area contributed by atoms with E-state index in [4.69, 9.17) is 23.8 Å². The third kappa shape index (κ3) is 4.55. The maximum atomic E-state index is 12.0. The summed E-state index contributed by atoms with van der Waals surface area (Å²) in [7, 11) is 0. The zero-order valence-electron chi connectivity index (χ0n) is 11.5. The molecule has 2 aromatic carbocycles. The normalized spacial score (nSPS) is 10.0. The number of amides is 1. The van der Waals surface area contributed by atoms with Crippen LogP contribution < -0.4 is 10.6 Å². The number of carbonyl (C=O) groups is 1. The van der Waals surface area contributed by atoms with Crippen LogP contribution in [0.1, 0.15) is 22.8 Å². The van der Waals surface area contributed by atoms with Crippen molar-refractivity contribution in [1.29, 1.82) is 0 Å². The van der Waals surface area contributed by atoms with E-state index in [0.717, 1.165) is 12.1 Å². The SMILES string of the molecule is CCc1ccc(C(=O)NC(=S)Nc2cccc(Cl)c2)cc1. The maximum absolute atomic E-state index is 12.0. The van der Waals surface area contributed by atoms with E-state index in [9.17, 15) is 4.79 Å². The van der Waals surface area contributed by atoms with E-state index in [-0.39, 0.29) is 11.0 Å². The third-order valence-electron chi connectivity index (χ3n) is 2.93. The number of aryl methyl sites for hydroxylation is 1. The molecule has 0 fully saturated rings. The van der Waals surface area contributed by atoms with Crippen molar-refractivity contribution in [2.75, 3.05) is 5.32 Å². The van der Waals surface area contributed by atoms with Gasteiger partial charge in [0.15, 0.2) is 5.11 Å². The maximum Gasteiger partial charge on any atom is 0.257 e. The molecular formula is C16H15ClN2OS. The molecule has 2 aromatic rings. The average molecular weight is 319 g/mol. The summed E-state index contributed by atoms with van der Waals surface area (Å²) in [6, 6.07) is 14.6. The molecular weight excluding hydrogens is 304 g/mol. The number of benzene rings is 2. The van der Waals surface area contributed by atoms with Crippen LogP contribution >= 0.6 is 23.8 Å². The number of nitrogens with one attached hydrogen (secondary N) is 2. The van der Waals surface area contributed by atoms with Crippen LogP contribution in [0.4, 0.5) is 5.69 Å². The highest BCUT2D eigenvalue weighted by Gasteiger charge is 2.07. The van der Waals surface area contributed by atoms with Crippen molar-refractivity contribution in [3.63, 3.8) is 0 Å². The van der Waals surface area contributed by atoms with Gasteiger partial charge in [-0.25, -0.2) is 0 Å². The van der Waals surface area contributed by atoms with Gasteiger partial charge in [-0.1, -0.05) is 36.7 Å². The lowest BCUT2D eigenvalue weighted by Crippen LogP contribution is -2.34. The van der Waals surface area contributed by atoms with Crippen molar-refractivity contribution >= 4 is 40.5 Å². The Hall–Kier alpha value is -1.91. The summed E-state index contributed by atoms with van der Waals surface area (Å²) in [6.07, 6.45) is 0.941. The van der Waals surface area contributed by atoms with Gasteiger partial charge in [0.1, 0.15) is 0 Å². The predicted octanol–water partition coefficient (Wildman–Crippen LogP) is 4.03. The molecule has 0 radical (unpaired) electrons. The van der Waals surface area contributed by atoms with Gasteiger partial charge >= 0.3 is 0 Å². The van der Waals surface area contributed by atoms with Crippen LogP contribution in [-0.4, -0.2) is 11.0 Å². The summed E-state index contributed by atoms with van der Waals surface area (Å²) < 4.78 is 0. The van der Waals surface area contributed by atoms with Crippen LogP contribution in [0.5, 0.6) is 0 Å². The number of halogens is 1. The molecule has 3 nitrogen and oxygen atoms in total. The molecule has 2 N–H and O–H groups in total. The molecule has 0 saturated heterocycles. The minimum atomic E-state index is -0.239. The number of rotatable bonds is 3. The molecule has 21 heavy (non-hydrogen) atoms. The quantitative estimate of drug-likeness (QED) is 0.840. The van der Waals surface area contributed by atoms with Crippen LogP contribution in [0.25, 0.3) is 0 Å². The highest BCUT2D eigenvalue weighted by molar-refractivity contribution is 7.80. The van der Waals surface area contributed by atoms with Gasteiger partial charge in [0.25, 0.3) is 5.91 Å². The first-order chi connectivity index (χ1) is 10.1. The van der Waals surface area contributed by atoms with Crippen molar-refractivity contribution in [2.24, 2.45) is 0 Å². The van der Waals surface area contributed by atoms with Crippen LogP contribution in [0.15, 0.2) is 48.5 Å². The van der Waals surface area contributed by atoms with Crippen LogP contribution in [-0.2, 0) is 6.42 Å². The summed E-state index contributed by atoms with van der Waals surface area (Å²) in [4.78, 5) is 12.0. The summed E-state index contributed by atoms with van der Waals surface area (Å²) in [5.41, 5.74) is 2.49. The Morgan fingerprint density at radius 2 is 1.90 bits per heavy atom. The summed E-state index contributed by atoms with van der Waals surface area (Å²) >= 11 is 11.0. The Morgan fingerprint density at radius 3 is 2.52 bits per heavy atom. The Bertz CT molecular complexity index is 656. The van der Waals surface area contributed by atoms with Gasteiger partial charge < -0.3 is 5.32 Å². The first kappa shape index (κ1) is 15.5. The van der Waals surface area contributed by atoms with Gasteiger partial charge in [-0.05, 0) is 54.5 Å². The van der Waals surface area contributed by atoms with Gasteiger partial charge in [0, 0.05) is 16.3 Å². The van der Waals surface area contributed by atoms with Gasteiger partial charge in [-0.3, -0.25) is 10.1 Å². The number of hydrogen-bond acceptors (Lipinski definition) is 2. The second-order valence-electron chi connectivity index (χ2n) is 4.47. The number of anilines is 1. The molecule has 0 unspecified atom stereocenters. The Kier molecular flexibility index (Phi) is 5.31. The molecule has 0 atom stereocenters. The number of hydrogen-bond donors (Lipinski definition) is 2. The molecule has 0 aromatic heterocycles. The molecule has 0 aliphatic carbocycles. The second-order valence-corrected chi connectivity index (χ2v) is 5.31. The monoisotopic (exact) mass is 318 g/mol. The summed E-state index contributed by atoms with van der Waals surface area (Å²) in [5, 5.41) is 6.40. The fourth-order valence-electron chi connectivity index (χ4n) is 1.80. The van der Waals surface area contributed by atoms with E-state index in [2.05, 4.69) is 17.6 Å². The number of carbonyl (C=O) groups excluding carboxylic acids is 1. The van der Waals surface area contributed by atoms with Crippen LogP contribution in [0.2, 0.25) is 5.02 Å². The highest BCUT2D eigenvalue weighted by atomic mass is 35.5. The van der Waals surface area contributed by atoms with E-state index in [0.29, 0.717) is 10.6 Å². The average Bonchev–Trinajstić information content (AvgIpc) is 2.47. The molecule has 0 bridgehead atoms. The Morgan fingerprint density at radius 1 is 1.19 bits per heavy atom. The lowest BCUT2D eigenvalue weighted by Gasteiger charge is -2.10. The van der Waals surface area contributed by atoms with Gasteiger partial charge in [-0.2, -0.15) is 0 Å². The van der Waals surface area contributed by atoms with E-state index in [1.165, 1.54) is 5.56 Å².